The molecule has 0 bridgehead atoms. The van der Waals surface area contributed by atoms with Gasteiger partial charge in [0, 0.05) is 25.7 Å². The number of unbranched alkanes of at least 4 members (excludes halogenated alkanes) is 43. The van der Waals surface area contributed by atoms with Crippen molar-refractivity contribution in [3.63, 3.8) is 0 Å². The molecule has 0 aliphatic heterocycles. The van der Waals surface area contributed by atoms with Crippen LogP contribution in [0.3, 0.4) is 0 Å². The van der Waals surface area contributed by atoms with E-state index < -0.39 is 97.5 Å². The van der Waals surface area contributed by atoms with Gasteiger partial charge in [-0.3, -0.25) is 37.3 Å². The lowest BCUT2D eigenvalue weighted by atomic mass is 10.0. The van der Waals surface area contributed by atoms with Crippen molar-refractivity contribution in [1.82, 2.24) is 0 Å². The second kappa shape index (κ2) is 66.0. The molecule has 0 heterocycles. The zero-order valence-corrected chi connectivity index (χ0v) is 62.3. The van der Waals surface area contributed by atoms with Gasteiger partial charge >= 0.3 is 39.5 Å². The maximum atomic E-state index is 13.1. The summed E-state index contributed by atoms with van der Waals surface area (Å²) in [7, 11) is -9.89. The molecule has 0 spiro atoms. The molecule has 0 fully saturated rings. The van der Waals surface area contributed by atoms with Crippen LogP contribution in [0.4, 0.5) is 0 Å². The van der Waals surface area contributed by atoms with E-state index in [9.17, 15) is 43.2 Å². The van der Waals surface area contributed by atoms with Gasteiger partial charge in [0.05, 0.1) is 26.4 Å². The van der Waals surface area contributed by atoms with Crippen LogP contribution < -0.4 is 0 Å². The summed E-state index contributed by atoms with van der Waals surface area (Å²) in [6, 6.07) is 0. The summed E-state index contributed by atoms with van der Waals surface area (Å²) in [5.74, 6) is -0.502. The Morgan fingerprint density at radius 2 is 0.495 bits per heavy atom. The average molecular weight is 1370 g/mol. The van der Waals surface area contributed by atoms with Crippen LogP contribution in [0.25, 0.3) is 0 Å². The number of rotatable bonds is 73. The number of carbonyl (C=O) groups excluding carboxylic acids is 4. The standard InChI is InChI=1S/C74H144O17P2/c1-7-9-11-13-36-44-50-56-71(76)84-62-69(90-73(78)58-52-46-37-14-12-10-8-2)64-88-92(80,81)86-60-68(75)61-87-93(82,83)89-65-70(63-85-72(77)57-51-45-40-34-30-26-23-19-21-25-29-33-39-43-49-55-67(5)6)91-74(79)59-53-47-41-35-31-27-22-18-16-15-17-20-24-28-32-38-42-48-54-66(3)4/h66-70,75H,7-65H2,1-6H3,(H,80,81)(H,82,83)/t68-,69+,70+/m0/s1. The van der Waals surface area contributed by atoms with Crippen LogP contribution in [0.1, 0.15) is 382 Å². The van der Waals surface area contributed by atoms with Crippen molar-refractivity contribution in [3.8, 4) is 0 Å². The first-order valence-corrected chi connectivity index (χ1v) is 41.5. The van der Waals surface area contributed by atoms with Gasteiger partial charge in [0.15, 0.2) is 12.2 Å². The second-order valence-corrected chi connectivity index (χ2v) is 30.5. The number of phosphoric ester groups is 2. The predicted octanol–water partition coefficient (Wildman–Crippen LogP) is 21.6. The Labute approximate surface area is 568 Å². The van der Waals surface area contributed by atoms with E-state index in [2.05, 4.69) is 41.5 Å². The molecule has 0 rings (SSSR count). The molecule has 0 saturated heterocycles. The second-order valence-electron chi connectivity index (χ2n) is 27.6. The number of hydrogen-bond donors (Lipinski definition) is 3. The Morgan fingerprint density at radius 1 is 0.290 bits per heavy atom. The van der Waals surface area contributed by atoms with Gasteiger partial charge in [0.2, 0.25) is 0 Å². The largest absolute Gasteiger partial charge is 0.472 e. The summed E-state index contributed by atoms with van der Waals surface area (Å²) in [5.41, 5.74) is 0. The molecule has 552 valence electrons. The molecule has 93 heavy (non-hydrogen) atoms. The Morgan fingerprint density at radius 3 is 0.731 bits per heavy atom. The third-order valence-electron chi connectivity index (χ3n) is 17.2. The topological polar surface area (TPSA) is 237 Å². The van der Waals surface area contributed by atoms with Gasteiger partial charge < -0.3 is 33.8 Å². The number of ether oxygens (including phenoxy) is 4. The van der Waals surface area contributed by atoms with Crippen LogP contribution in [-0.2, 0) is 65.4 Å². The van der Waals surface area contributed by atoms with E-state index in [4.69, 9.17) is 37.0 Å². The molecule has 2 unspecified atom stereocenters. The lowest BCUT2D eigenvalue weighted by molar-refractivity contribution is -0.161. The third-order valence-corrected chi connectivity index (χ3v) is 19.1. The molecule has 0 amide bonds. The summed E-state index contributed by atoms with van der Waals surface area (Å²) >= 11 is 0. The monoisotopic (exact) mass is 1370 g/mol. The normalized spacial score (nSPS) is 14.1. The summed E-state index contributed by atoms with van der Waals surface area (Å²) in [4.78, 5) is 72.4. The van der Waals surface area contributed by atoms with Crippen molar-refractivity contribution in [2.24, 2.45) is 11.8 Å². The highest BCUT2D eigenvalue weighted by molar-refractivity contribution is 7.47. The van der Waals surface area contributed by atoms with E-state index >= 15 is 0 Å². The lowest BCUT2D eigenvalue weighted by Gasteiger charge is -2.21. The number of aliphatic hydroxyl groups excluding tert-OH is 1. The fourth-order valence-electron chi connectivity index (χ4n) is 11.3. The molecule has 0 aliphatic rings. The van der Waals surface area contributed by atoms with Gasteiger partial charge in [-0.1, -0.05) is 330 Å². The van der Waals surface area contributed by atoms with Crippen molar-refractivity contribution in [1.29, 1.82) is 0 Å². The van der Waals surface area contributed by atoms with Crippen LogP contribution in [0, 0.1) is 11.8 Å². The maximum absolute atomic E-state index is 13.1. The highest BCUT2D eigenvalue weighted by Gasteiger charge is 2.30. The summed E-state index contributed by atoms with van der Waals surface area (Å²) < 4.78 is 68.2. The fourth-order valence-corrected chi connectivity index (χ4v) is 12.9. The molecule has 17 nitrogen and oxygen atoms in total. The molecule has 0 aromatic rings. The summed E-state index contributed by atoms with van der Waals surface area (Å²) in [5, 5.41) is 10.6. The van der Waals surface area contributed by atoms with E-state index in [1.807, 2.05) is 0 Å². The lowest BCUT2D eigenvalue weighted by Crippen LogP contribution is -2.30. The molecule has 3 N–H and O–H groups in total. The van der Waals surface area contributed by atoms with Crippen molar-refractivity contribution in [2.45, 2.75) is 400 Å². The Balaban J connectivity index is 5.11. The number of carbonyl (C=O) groups is 4. The van der Waals surface area contributed by atoms with Crippen molar-refractivity contribution < 1.29 is 80.2 Å². The third kappa shape index (κ3) is 68.4. The molecule has 0 aliphatic carbocycles. The molecular weight excluding hydrogens is 1220 g/mol. The smallest absolute Gasteiger partial charge is 0.462 e. The fraction of sp³-hybridized carbons (Fsp3) is 0.946. The highest BCUT2D eigenvalue weighted by atomic mass is 31.2. The Kier molecular flexibility index (Phi) is 64.6. The predicted molar refractivity (Wildman–Crippen MR) is 377 cm³/mol. The number of aliphatic hydroxyl groups is 1. The Hall–Kier alpha value is -1.94. The molecule has 0 aromatic heterocycles. The van der Waals surface area contributed by atoms with Crippen LogP contribution in [0.5, 0.6) is 0 Å². The van der Waals surface area contributed by atoms with Gasteiger partial charge in [-0.05, 0) is 37.5 Å². The van der Waals surface area contributed by atoms with E-state index in [0.717, 1.165) is 127 Å². The van der Waals surface area contributed by atoms with Crippen molar-refractivity contribution >= 4 is 39.5 Å². The highest BCUT2D eigenvalue weighted by Crippen LogP contribution is 2.45. The number of esters is 4. The molecule has 0 aromatic carbocycles. The van der Waals surface area contributed by atoms with Crippen molar-refractivity contribution in [3.05, 3.63) is 0 Å². The molecule has 5 atom stereocenters. The van der Waals surface area contributed by atoms with Gasteiger partial charge in [-0.25, -0.2) is 9.13 Å². The summed E-state index contributed by atoms with van der Waals surface area (Å²) in [6.45, 7) is 9.55. The first-order chi connectivity index (χ1) is 44.9. The van der Waals surface area contributed by atoms with Gasteiger partial charge in [0.25, 0.3) is 0 Å². The van der Waals surface area contributed by atoms with Gasteiger partial charge in [-0.2, -0.15) is 0 Å². The van der Waals surface area contributed by atoms with Crippen LogP contribution in [0.15, 0.2) is 0 Å². The average Bonchev–Trinajstić information content (AvgIpc) is 3.28. The number of phosphoric acid groups is 2. The summed E-state index contributed by atoms with van der Waals surface area (Å²) in [6.07, 6.45) is 53.2. The van der Waals surface area contributed by atoms with E-state index in [1.165, 1.54) is 173 Å². The minimum absolute atomic E-state index is 0.103. The SMILES string of the molecule is CCCCCCCCCC(=O)OC[C@H](COP(=O)(O)OC[C@H](O)COP(=O)(O)OC[C@@H](COC(=O)CCCCCCCCCCCCCCCCCC(C)C)OC(=O)CCCCCCCCCCCCCCCCCCCCC(C)C)OC(=O)CCCCCCCCC. The molecule has 19 heteroatoms. The van der Waals surface area contributed by atoms with Gasteiger partial charge in [0.1, 0.15) is 19.3 Å². The van der Waals surface area contributed by atoms with Crippen LogP contribution in [0.2, 0.25) is 0 Å². The first kappa shape index (κ1) is 91.1. The first-order valence-electron chi connectivity index (χ1n) is 38.5. The van der Waals surface area contributed by atoms with E-state index in [0.29, 0.717) is 25.7 Å². The van der Waals surface area contributed by atoms with E-state index in [1.54, 1.807) is 0 Å². The number of hydrogen-bond acceptors (Lipinski definition) is 15. The molecular formula is C74H144O17P2. The van der Waals surface area contributed by atoms with Crippen LogP contribution >= 0.6 is 15.6 Å². The maximum Gasteiger partial charge on any atom is 0.472 e. The zero-order valence-electron chi connectivity index (χ0n) is 60.6. The van der Waals surface area contributed by atoms with Crippen molar-refractivity contribution in [2.75, 3.05) is 39.6 Å². The zero-order chi connectivity index (χ0) is 68.6. The quantitative estimate of drug-likeness (QED) is 0.0222. The van der Waals surface area contributed by atoms with Crippen LogP contribution in [-0.4, -0.2) is 96.7 Å². The minimum atomic E-state index is -4.95. The molecule has 0 radical (unpaired) electrons. The van der Waals surface area contributed by atoms with E-state index in [-0.39, 0.29) is 25.7 Å². The minimum Gasteiger partial charge on any atom is -0.462 e. The molecule has 0 saturated carbocycles. The Bertz CT molecular complexity index is 1800. The van der Waals surface area contributed by atoms with Gasteiger partial charge in [-0.15, -0.1) is 0 Å².